The molecule has 1 heterocycles. The number of hydrogen-bond acceptors (Lipinski definition) is 1. The van der Waals surface area contributed by atoms with E-state index in [-0.39, 0.29) is 0 Å². The molecule has 0 nitrogen and oxygen atoms in total. The fraction of sp³-hybridized carbons (Fsp3) is 0.333. The zero-order valence-corrected chi connectivity index (χ0v) is 8.08. The first-order chi connectivity index (χ1) is 5.36. The maximum absolute atomic E-state index is 5.51. The van der Waals surface area contributed by atoms with E-state index in [2.05, 4.69) is 25.1 Å². The third-order valence-electron chi connectivity index (χ3n) is 1.40. The molecule has 1 aromatic rings. The maximum atomic E-state index is 5.51. The van der Waals surface area contributed by atoms with E-state index < -0.39 is 0 Å². The molecule has 11 heavy (non-hydrogen) atoms. The van der Waals surface area contributed by atoms with E-state index >= 15 is 0 Å². The molecule has 1 aromatic heterocycles. The fourth-order valence-corrected chi connectivity index (χ4v) is 1.81. The van der Waals surface area contributed by atoms with Crippen LogP contribution in [0.1, 0.15) is 16.7 Å². The van der Waals surface area contributed by atoms with Gasteiger partial charge in [0, 0.05) is 15.6 Å². The van der Waals surface area contributed by atoms with Gasteiger partial charge >= 0.3 is 0 Å². The molecule has 0 N–H and O–H groups in total. The highest BCUT2D eigenvalue weighted by molar-refractivity contribution is 7.12. The molecule has 0 aliphatic rings. The number of thiophene rings is 1. The van der Waals surface area contributed by atoms with Crippen molar-refractivity contribution >= 4 is 29.0 Å². The van der Waals surface area contributed by atoms with Crippen LogP contribution in [0.3, 0.4) is 0 Å². The third kappa shape index (κ3) is 2.68. The number of allylic oxidation sites excluding steroid dienone is 1. The van der Waals surface area contributed by atoms with E-state index in [1.807, 2.05) is 17.4 Å². The number of hydrogen-bond donors (Lipinski definition) is 0. The largest absolute Gasteiger partial charge is 0.141 e. The Morgan fingerprint density at radius 3 is 2.91 bits per heavy atom. The van der Waals surface area contributed by atoms with Gasteiger partial charge in [0.05, 0.1) is 0 Å². The van der Waals surface area contributed by atoms with Crippen molar-refractivity contribution in [3.63, 3.8) is 0 Å². The lowest BCUT2D eigenvalue weighted by Crippen LogP contribution is -1.64. The lowest BCUT2D eigenvalue weighted by atomic mass is 10.3. The summed E-state index contributed by atoms with van der Waals surface area (Å²) in [5.74, 6) is 0.597. The second-order valence-corrected chi connectivity index (χ2v) is 3.72. The van der Waals surface area contributed by atoms with Gasteiger partial charge in [-0.2, -0.15) is 0 Å². The van der Waals surface area contributed by atoms with E-state index in [1.165, 1.54) is 9.75 Å². The second-order valence-electron chi connectivity index (χ2n) is 2.21. The average molecular weight is 187 g/mol. The van der Waals surface area contributed by atoms with E-state index in [1.54, 1.807) is 0 Å². The Kier molecular flexibility index (Phi) is 3.67. The molecule has 0 unspecified atom stereocenters. The summed E-state index contributed by atoms with van der Waals surface area (Å²) in [5, 5.41) is 0. The van der Waals surface area contributed by atoms with Crippen LogP contribution in [0.25, 0.3) is 6.08 Å². The Labute approximate surface area is 76.5 Å². The Bertz CT molecular complexity index is 237. The molecule has 0 saturated heterocycles. The minimum Gasteiger partial charge on any atom is -0.141 e. The van der Waals surface area contributed by atoms with Gasteiger partial charge in [-0.25, -0.2) is 0 Å². The minimum absolute atomic E-state index is 0.597. The number of rotatable bonds is 3. The van der Waals surface area contributed by atoms with Gasteiger partial charge < -0.3 is 0 Å². The van der Waals surface area contributed by atoms with Crippen LogP contribution in [-0.2, 0) is 6.42 Å². The van der Waals surface area contributed by atoms with Crippen LogP contribution < -0.4 is 0 Å². The van der Waals surface area contributed by atoms with Gasteiger partial charge in [-0.05, 0) is 24.6 Å². The fourth-order valence-electron chi connectivity index (χ4n) is 0.835. The standard InChI is InChI=1S/C9H11ClS/c1-2-8-5-6-9(11-8)4-3-7-10/h3-6H,2,7H2,1H3/b4-3+. The SMILES string of the molecule is CCc1ccc(/C=C/CCl)s1. The first kappa shape index (κ1) is 8.82. The Hall–Kier alpha value is -0.270. The van der Waals surface area contributed by atoms with Crippen molar-refractivity contribution in [2.24, 2.45) is 0 Å². The van der Waals surface area contributed by atoms with Gasteiger partial charge in [0.15, 0.2) is 0 Å². The summed E-state index contributed by atoms with van der Waals surface area (Å²) in [7, 11) is 0. The molecule has 0 fully saturated rings. The summed E-state index contributed by atoms with van der Waals surface area (Å²) < 4.78 is 0. The van der Waals surface area contributed by atoms with Crippen LogP contribution in [-0.4, -0.2) is 5.88 Å². The highest BCUT2D eigenvalue weighted by Crippen LogP contribution is 2.17. The predicted octanol–water partition coefficient (Wildman–Crippen LogP) is 3.56. The molecule has 0 atom stereocenters. The average Bonchev–Trinajstić information content (AvgIpc) is 2.48. The van der Waals surface area contributed by atoms with Crippen LogP contribution in [0.15, 0.2) is 18.2 Å². The lowest BCUT2D eigenvalue weighted by molar-refractivity contribution is 1.19. The van der Waals surface area contributed by atoms with Crippen molar-refractivity contribution in [3.05, 3.63) is 28.0 Å². The topological polar surface area (TPSA) is 0 Å². The Morgan fingerprint density at radius 1 is 1.55 bits per heavy atom. The zero-order valence-electron chi connectivity index (χ0n) is 6.51. The molecule has 0 amide bonds. The summed E-state index contributed by atoms with van der Waals surface area (Å²) in [5.41, 5.74) is 0. The molecule has 0 radical (unpaired) electrons. The van der Waals surface area contributed by atoms with Gasteiger partial charge in [0.1, 0.15) is 0 Å². The molecular weight excluding hydrogens is 176 g/mol. The zero-order chi connectivity index (χ0) is 8.10. The Morgan fingerprint density at radius 2 is 2.36 bits per heavy atom. The first-order valence-corrected chi connectivity index (χ1v) is 5.03. The Balaban J connectivity index is 2.65. The third-order valence-corrected chi connectivity index (χ3v) is 2.78. The number of aryl methyl sites for hydroxylation is 1. The van der Waals surface area contributed by atoms with Crippen LogP contribution in [0.5, 0.6) is 0 Å². The highest BCUT2D eigenvalue weighted by Gasteiger charge is 1.92. The predicted molar refractivity (Wildman–Crippen MR) is 53.5 cm³/mol. The van der Waals surface area contributed by atoms with E-state index in [0.717, 1.165) is 6.42 Å². The van der Waals surface area contributed by atoms with Crippen LogP contribution in [0.2, 0.25) is 0 Å². The van der Waals surface area contributed by atoms with Gasteiger partial charge in [-0.1, -0.05) is 13.0 Å². The van der Waals surface area contributed by atoms with Crippen molar-refractivity contribution in [2.45, 2.75) is 13.3 Å². The van der Waals surface area contributed by atoms with Crippen molar-refractivity contribution in [1.29, 1.82) is 0 Å². The highest BCUT2D eigenvalue weighted by atomic mass is 35.5. The summed E-state index contributed by atoms with van der Waals surface area (Å²) in [6.07, 6.45) is 5.16. The van der Waals surface area contributed by atoms with Crippen molar-refractivity contribution in [3.8, 4) is 0 Å². The molecule has 0 aromatic carbocycles. The lowest BCUT2D eigenvalue weighted by Gasteiger charge is -1.83. The van der Waals surface area contributed by atoms with Crippen molar-refractivity contribution in [1.82, 2.24) is 0 Å². The second kappa shape index (κ2) is 4.58. The van der Waals surface area contributed by atoms with Crippen LogP contribution >= 0.6 is 22.9 Å². The monoisotopic (exact) mass is 186 g/mol. The summed E-state index contributed by atoms with van der Waals surface area (Å²) in [6, 6.07) is 4.30. The quantitative estimate of drug-likeness (QED) is 0.634. The van der Waals surface area contributed by atoms with Crippen LogP contribution in [0.4, 0.5) is 0 Å². The van der Waals surface area contributed by atoms with Gasteiger partial charge in [0.25, 0.3) is 0 Å². The molecule has 0 aliphatic heterocycles. The van der Waals surface area contributed by atoms with Crippen molar-refractivity contribution < 1.29 is 0 Å². The molecule has 2 heteroatoms. The smallest absolute Gasteiger partial charge is 0.0407 e. The van der Waals surface area contributed by atoms with E-state index in [4.69, 9.17) is 11.6 Å². The number of halogens is 1. The first-order valence-electron chi connectivity index (χ1n) is 3.68. The van der Waals surface area contributed by atoms with Crippen molar-refractivity contribution in [2.75, 3.05) is 5.88 Å². The summed E-state index contributed by atoms with van der Waals surface area (Å²) in [6.45, 7) is 2.17. The minimum atomic E-state index is 0.597. The molecule has 0 bridgehead atoms. The summed E-state index contributed by atoms with van der Waals surface area (Å²) >= 11 is 7.34. The molecule has 0 aliphatic carbocycles. The molecule has 60 valence electrons. The normalized spacial score (nSPS) is 11.1. The van der Waals surface area contributed by atoms with E-state index in [9.17, 15) is 0 Å². The van der Waals surface area contributed by atoms with Gasteiger partial charge in [-0.3, -0.25) is 0 Å². The molecule has 0 saturated carbocycles. The molecule has 0 spiro atoms. The maximum Gasteiger partial charge on any atom is 0.0407 e. The van der Waals surface area contributed by atoms with Gasteiger partial charge in [0.2, 0.25) is 0 Å². The van der Waals surface area contributed by atoms with Crippen LogP contribution in [0, 0.1) is 0 Å². The number of alkyl halides is 1. The van der Waals surface area contributed by atoms with E-state index in [0.29, 0.717) is 5.88 Å². The molecular formula is C9H11ClS. The molecule has 1 rings (SSSR count). The van der Waals surface area contributed by atoms with Gasteiger partial charge in [-0.15, -0.1) is 22.9 Å². The summed E-state index contributed by atoms with van der Waals surface area (Å²) in [4.78, 5) is 2.72.